The van der Waals surface area contributed by atoms with Gasteiger partial charge in [0.25, 0.3) is 0 Å². The Labute approximate surface area is 136 Å². The van der Waals surface area contributed by atoms with E-state index in [1.807, 2.05) is 20.8 Å². The van der Waals surface area contributed by atoms with E-state index in [2.05, 4.69) is 39.9 Å². The highest BCUT2D eigenvalue weighted by molar-refractivity contribution is 5.81. The lowest BCUT2D eigenvalue weighted by Gasteiger charge is -2.49. The van der Waals surface area contributed by atoms with Crippen molar-refractivity contribution in [1.82, 2.24) is 5.32 Å². The molecule has 1 unspecified atom stereocenters. The fourth-order valence-corrected chi connectivity index (χ4v) is 3.32. The van der Waals surface area contributed by atoms with Crippen LogP contribution in [0.3, 0.4) is 0 Å². The van der Waals surface area contributed by atoms with Gasteiger partial charge in [-0.3, -0.25) is 4.79 Å². The Bertz CT molecular complexity index is 390. The normalized spacial score (nSPS) is 27.3. The molecule has 3 atom stereocenters. The third-order valence-electron chi connectivity index (χ3n) is 4.43. The molecule has 1 aliphatic heterocycles. The zero-order chi connectivity index (χ0) is 17.3. The molecule has 1 heterocycles. The first-order valence-corrected chi connectivity index (χ1v) is 8.28. The summed E-state index contributed by atoms with van der Waals surface area (Å²) in [5.41, 5.74) is -0.260. The molecule has 0 aromatic rings. The minimum absolute atomic E-state index is 0.0138. The van der Waals surface area contributed by atoms with Crippen LogP contribution in [0.5, 0.6) is 0 Å². The van der Waals surface area contributed by atoms with Gasteiger partial charge in [-0.15, -0.1) is 0 Å². The van der Waals surface area contributed by atoms with Gasteiger partial charge in [0.15, 0.2) is 6.23 Å². The highest BCUT2D eigenvalue weighted by Crippen LogP contribution is 2.44. The summed E-state index contributed by atoms with van der Waals surface area (Å²) in [6.45, 7) is 16.8. The standard InChI is InChI=1S/C18H35NO3/c1-16(2,3)14-18(7,8)11-10-12(22-14)13(21-9)19-15(20)17(4,5)6/h12-14H,10-11H2,1-9H3,(H,19,20)/t12-,13+,14?/m0/s1. The predicted molar refractivity (Wildman–Crippen MR) is 89.5 cm³/mol. The molecule has 4 heteroatoms. The maximum Gasteiger partial charge on any atom is 0.227 e. The molecule has 130 valence electrons. The van der Waals surface area contributed by atoms with E-state index in [1.165, 1.54) is 0 Å². The maximum absolute atomic E-state index is 12.2. The topological polar surface area (TPSA) is 47.6 Å². The number of carbonyl (C=O) groups is 1. The second-order valence-electron chi connectivity index (χ2n) is 9.33. The van der Waals surface area contributed by atoms with E-state index in [-0.39, 0.29) is 28.9 Å². The molecule has 1 aliphatic rings. The Hall–Kier alpha value is -0.610. The van der Waals surface area contributed by atoms with Crippen LogP contribution in [-0.4, -0.2) is 31.5 Å². The van der Waals surface area contributed by atoms with Crippen LogP contribution in [0.25, 0.3) is 0 Å². The summed E-state index contributed by atoms with van der Waals surface area (Å²) in [4.78, 5) is 12.2. The van der Waals surface area contributed by atoms with Gasteiger partial charge in [0.1, 0.15) is 6.10 Å². The van der Waals surface area contributed by atoms with Crippen LogP contribution in [0.15, 0.2) is 0 Å². The second kappa shape index (κ2) is 6.48. The highest BCUT2D eigenvalue weighted by Gasteiger charge is 2.46. The SMILES string of the molecule is CO[C@@H](NC(=O)C(C)(C)C)[C@@H]1CCC(C)(C)C(C(C)(C)C)O1. The lowest BCUT2D eigenvalue weighted by atomic mass is 9.68. The second-order valence-corrected chi connectivity index (χ2v) is 9.33. The van der Waals surface area contributed by atoms with Gasteiger partial charge < -0.3 is 14.8 Å². The van der Waals surface area contributed by atoms with Gasteiger partial charge in [-0.2, -0.15) is 0 Å². The Morgan fingerprint density at radius 2 is 1.77 bits per heavy atom. The van der Waals surface area contributed by atoms with Crippen molar-refractivity contribution in [2.45, 2.75) is 86.7 Å². The van der Waals surface area contributed by atoms with Gasteiger partial charge in [-0.1, -0.05) is 55.4 Å². The molecule has 0 aliphatic carbocycles. The van der Waals surface area contributed by atoms with Gasteiger partial charge in [-0.25, -0.2) is 0 Å². The molecule has 1 fully saturated rings. The highest BCUT2D eigenvalue weighted by atomic mass is 16.6. The van der Waals surface area contributed by atoms with Gasteiger partial charge in [0, 0.05) is 12.5 Å². The van der Waals surface area contributed by atoms with Crippen molar-refractivity contribution in [3.05, 3.63) is 0 Å². The van der Waals surface area contributed by atoms with Crippen LogP contribution >= 0.6 is 0 Å². The molecule has 0 aromatic carbocycles. The van der Waals surface area contributed by atoms with Crippen molar-refractivity contribution in [3.8, 4) is 0 Å². The third kappa shape index (κ3) is 4.69. The van der Waals surface area contributed by atoms with E-state index in [0.29, 0.717) is 0 Å². The average Bonchev–Trinajstić information content (AvgIpc) is 2.33. The molecule has 0 radical (unpaired) electrons. The smallest absolute Gasteiger partial charge is 0.227 e. The van der Waals surface area contributed by atoms with Crippen molar-refractivity contribution < 1.29 is 14.3 Å². The van der Waals surface area contributed by atoms with Gasteiger partial charge in [0.05, 0.1) is 6.10 Å². The van der Waals surface area contributed by atoms with Gasteiger partial charge in [0.2, 0.25) is 5.91 Å². The van der Waals surface area contributed by atoms with Crippen LogP contribution < -0.4 is 5.32 Å². The molecule has 0 bridgehead atoms. The third-order valence-corrected chi connectivity index (χ3v) is 4.43. The largest absolute Gasteiger partial charge is 0.369 e. The minimum atomic E-state index is -0.436. The van der Waals surface area contributed by atoms with E-state index >= 15 is 0 Å². The van der Waals surface area contributed by atoms with Crippen LogP contribution in [-0.2, 0) is 14.3 Å². The summed E-state index contributed by atoms with van der Waals surface area (Å²) in [5, 5.41) is 2.99. The van der Waals surface area contributed by atoms with E-state index in [4.69, 9.17) is 9.47 Å². The van der Waals surface area contributed by atoms with Crippen molar-refractivity contribution >= 4 is 5.91 Å². The van der Waals surface area contributed by atoms with Crippen molar-refractivity contribution in [2.75, 3.05) is 7.11 Å². The summed E-state index contributed by atoms with van der Waals surface area (Å²) in [7, 11) is 1.63. The van der Waals surface area contributed by atoms with Crippen molar-refractivity contribution in [1.29, 1.82) is 0 Å². The maximum atomic E-state index is 12.2. The lowest BCUT2D eigenvalue weighted by molar-refractivity contribution is -0.199. The molecule has 0 aromatic heterocycles. The summed E-state index contributed by atoms with van der Waals surface area (Å²) >= 11 is 0. The Kier molecular flexibility index (Phi) is 5.73. The molecular formula is C18H35NO3. The summed E-state index contributed by atoms with van der Waals surface area (Å²) < 4.78 is 11.9. The first kappa shape index (κ1) is 19.4. The molecule has 1 amide bonds. The monoisotopic (exact) mass is 313 g/mol. The quantitative estimate of drug-likeness (QED) is 0.807. The molecule has 0 spiro atoms. The van der Waals surface area contributed by atoms with Crippen molar-refractivity contribution in [2.24, 2.45) is 16.2 Å². The Morgan fingerprint density at radius 1 is 1.23 bits per heavy atom. The zero-order valence-corrected chi connectivity index (χ0v) is 15.9. The number of rotatable bonds is 3. The lowest BCUT2D eigenvalue weighted by Crippen LogP contribution is -2.56. The number of methoxy groups -OCH3 is 1. The van der Waals surface area contributed by atoms with Crippen LogP contribution in [0, 0.1) is 16.2 Å². The first-order chi connectivity index (χ1) is 9.79. The van der Waals surface area contributed by atoms with Gasteiger partial charge >= 0.3 is 0 Å². The van der Waals surface area contributed by atoms with E-state index in [1.54, 1.807) is 7.11 Å². The Balaban J connectivity index is 2.85. The van der Waals surface area contributed by atoms with Crippen LogP contribution in [0.1, 0.15) is 68.2 Å². The number of hydrogen-bond acceptors (Lipinski definition) is 3. The number of hydrogen-bond donors (Lipinski definition) is 1. The minimum Gasteiger partial charge on any atom is -0.369 e. The molecule has 0 saturated carbocycles. The number of amides is 1. The molecular weight excluding hydrogens is 278 g/mol. The van der Waals surface area contributed by atoms with E-state index < -0.39 is 11.6 Å². The summed E-state index contributed by atoms with van der Waals surface area (Å²) in [6, 6.07) is 0. The average molecular weight is 313 g/mol. The van der Waals surface area contributed by atoms with Crippen molar-refractivity contribution in [3.63, 3.8) is 0 Å². The first-order valence-electron chi connectivity index (χ1n) is 8.28. The van der Waals surface area contributed by atoms with E-state index in [0.717, 1.165) is 12.8 Å². The molecule has 1 rings (SSSR count). The molecule has 4 nitrogen and oxygen atoms in total. The fourth-order valence-electron chi connectivity index (χ4n) is 3.32. The summed E-state index contributed by atoms with van der Waals surface area (Å²) in [5.74, 6) is -0.0138. The molecule has 1 saturated heterocycles. The van der Waals surface area contributed by atoms with Crippen LogP contribution in [0.4, 0.5) is 0 Å². The van der Waals surface area contributed by atoms with Gasteiger partial charge in [-0.05, 0) is 23.7 Å². The number of carbonyl (C=O) groups excluding carboxylic acids is 1. The Morgan fingerprint density at radius 3 is 2.18 bits per heavy atom. The molecule has 22 heavy (non-hydrogen) atoms. The predicted octanol–water partition coefficient (Wildman–Crippen LogP) is 3.74. The summed E-state index contributed by atoms with van der Waals surface area (Å²) in [6.07, 6.45) is 1.58. The van der Waals surface area contributed by atoms with Crippen LogP contribution in [0.2, 0.25) is 0 Å². The number of ether oxygens (including phenoxy) is 2. The molecule has 1 N–H and O–H groups in total. The zero-order valence-electron chi connectivity index (χ0n) is 15.9. The van der Waals surface area contributed by atoms with E-state index in [9.17, 15) is 4.79 Å². The number of nitrogens with one attached hydrogen (secondary N) is 1. The fraction of sp³-hybridized carbons (Fsp3) is 0.944.